The van der Waals surface area contributed by atoms with Crippen LogP contribution in [0.4, 0.5) is 17.1 Å². The molecular weight excluding hydrogens is 375 g/mol. The Bertz CT molecular complexity index is 535. The molecule has 0 unspecified atom stereocenters. The summed E-state index contributed by atoms with van der Waals surface area (Å²) in [6.45, 7) is 0. The average molecular weight is 390 g/mol. The number of hydrogen-bond acceptors (Lipinski definition) is 1. The fourth-order valence-corrected chi connectivity index (χ4v) is 2.13. The quantitative estimate of drug-likeness (QED) is 0.404. The molecular formula is C18H14BrNZn. The summed E-state index contributed by atoms with van der Waals surface area (Å²) in [6, 6.07) is 31.8. The fourth-order valence-electron chi connectivity index (χ4n) is 2.13. The van der Waals surface area contributed by atoms with Gasteiger partial charge in [-0.2, -0.15) is 18.2 Å². The van der Waals surface area contributed by atoms with Crippen LogP contribution in [0.1, 0.15) is 0 Å². The summed E-state index contributed by atoms with van der Waals surface area (Å²) in [4.78, 5) is 2.23. The molecule has 100 valence electrons. The van der Waals surface area contributed by atoms with Gasteiger partial charge in [0.2, 0.25) is 0 Å². The summed E-state index contributed by atoms with van der Waals surface area (Å²) in [5.41, 5.74) is 3.44. The first-order chi connectivity index (χ1) is 10.4. The van der Waals surface area contributed by atoms with Gasteiger partial charge < -0.3 is 4.90 Å². The molecule has 3 heteroatoms. The Morgan fingerprint density at radius 1 is 0.619 bits per heavy atom. The molecule has 0 radical (unpaired) electrons. The number of hydrogen-bond donors (Lipinski definition) is 0. The van der Waals surface area contributed by atoms with Gasteiger partial charge in [0, 0.05) is 11.4 Å². The Morgan fingerprint density at radius 3 is 1.43 bits per heavy atom. The SMILES string of the molecule is [Zn+][Br].[c-]1ccc(N(c2ccccc2)c2ccccc2)cc1. The predicted octanol–water partition coefficient (Wildman–Crippen LogP) is 5.80. The Kier molecular flexibility index (Phi) is 6.65. The summed E-state index contributed by atoms with van der Waals surface area (Å²) in [5.74, 6) is 0. The molecule has 3 aromatic rings. The zero-order chi connectivity index (χ0) is 14.9. The van der Waals surface area contributed by atoms with E-state index in [0.717, 1.165) is 17.1 Å². The number of rotatable bonds is 3. The standard InChI is InChI=1S/C18H14N.BrH.Zn/c1-4-10-16(11-5-1)19(17-12-6-2-7-13-17)18-14-8-3-9-15-18;;/h1-2,4-15H;1H;/q-1;;+2/p-1. The number of benzene rings is 3. The Balaban J connectivity index is 0.000000774. The maximum atomic E-state index is 3.06. The van der Waals surface area contributed by atoms with Crippen LogP contribution < -0.4 is 4.90 Å². The molecule has 0 N–H and O–H groups in total. The van der Waals surface area contributed by atoms with E-state index in [-0.39, 0.29) is 0 Å². The molecule has 0 fully saturated rings. The van der Waals surface area contributed by atoms with E-state index in [1.165, 1.54) is 16.3 Å². The van der Waals surface area contributed by atoms with Gasteiger partial charge in [-0.25, -0.2) is 0 Å². The van der Waals surface area contributed by atoms with Crippen molar-refractivity contribution in [2.75, 3.05) is 4.90 Å². The van der Waals surface area contributed by atoms with Crippen molar-refractivity contribution in [2.24, 2.45) is 0 Å². The van der Waals surface area contributed by atoms with Crippen LogP contribution >= 0.6 is 13.6 Å². The Hall–Kier alpha value is -1.44. The van der Waals surface area contributed by atoms with Gasteiger partial charge in [0.25, 0.3) is 0 Å². The molecule has 0 saturated carbocycles. The molecule has 0 atom stereocenters. The molecule has 0 heterocycles. The van der Waals surface area contributed by atoms with Crippen molar-refractivity contribution in [1.29, 1.82) is 0 Å². The largest absolute Gasteiger partial charge is 0.334 e. The van der Waals surface area contributed by atoms with Crippen LogP contribution in [0.15, 0.2) is 84.9 Å². The molecule has 1 nitrogen and oxygen atoms in total. The second-order valence-corrected chi connectivity index (χ2v) is 4.26. The molecule has 0 saturated heterocycles. The molecule has 0 aliphatic rings. The van der Waals surface area contributed by atoms with Crippen molar-refractivity contribution < 1.29 is 16.3 Å². The number of anilines is 3. The zero-order valence-electron chi connectivity index (χ0n) is 11.6. The van der Waals surface area contributed by atoms with Crippen molar-refractivity contribution in [3.8, 4) is 0 Å². The molecule has 3 aromatic carbocycles. The first kappa shape index (κ1) is 15.9. The number of nitrogens with zero attached hydrogens (tertiary/aromatic N) is 1. The summed E-state index contributed by atoms with van der Waals surface area (Å²) >= 11 is 4.25. The second-order valence-electron chi connectivity index (χ2n) is 4.26. The topological polar surface area (TPSA) is 3.24 Å². The van der Waals surface area contributed by atoms with Gasteiger partial charge in [0.1, 0.15) is 0 Å². The van der Waals surface area contributed by atoms with Gasteiger partial charge in [-0.1, -0.05) is 42.1 Å². The van der Waals surface area contributed by atoms with Crippen molar-refractivity contribution in [2.45, 2.75) is 0 Å². The van der Waals surface area contributed by atoms with Crippen molar-refractivity contribution in [1.82, 2.24) is 0 Å². The third-order valence-corrected chi connectivity index (χ3v) is 2.99. The molecule has 0 aliphatic carbocycles. The van der Waals surface area contributed by atoms with Gasteiger partial charge in [-0.3, -0.25) is 0 Å². The van der Waals surface area contributed by atoms with Gasteiger partial charge in [0.15, 0.2) is 0 Å². The smallest absolute Gasteiger partial charge is 0.0438 e. The molecule has 0 aliphatic heterocycles. The van der Waals surface area contributed by atoms with E-state index in [1.54, 1.807) is 0 Å². The van der Waals surface area contributed by atoms with Crippen molar-refractivity contribution in [3.63, 3.8) is 0 Å². The number of para-hydroxylation sites is 2. The Labute approximate surface area is 142 Å². The van der Waals surface area contributed by atoms with E-state index in [1.807, 2.05) is 24.3 Å². The van der Waals surface area contributed by atoms with Crippen LogP contribution in [0.3, 0.4) is 0 Å². The summed E-state index contributed by atoms with van der Waals surface area (Å²) in [5, 5.41) is 0. The van der Waals surface area contributed by atoms with Crippen LogP contribution in [0.2, 0.25) is 0 Å². The Morgan fingerprint density at radius 2 is 1.00 bits per heavy atom. The van der Waals surface area contributed by atoms with E-state index < -0.39 is 0 Å². The maximum absolute atomic E-state index is 3.06. The van der Waals surface area contributed by atoms with E-state index >= 15 is 0 Å². The minimum atomic E-state index is 1.14. The van der Waals surface area contributed by atoms with Gasteiger partial charge >= 0.3 is 30.0 Å². The summed E-state index contributed by atoms with van der Waals surface area (Å²) in [6.07, 6.45) is 0. The fraction of sp³-hybridized carbons (Fsp3) is 0. The van der Waals surface area contributed by atoms with Crippen LogP contribution in [0.5, 0.6) is 0 Å². The van der Waals surface area contributed by atoms with Crippen LogP contribution in [0.25, 0.3) is 0 Å². The van der Waals surface area contributed by atoms with Gasteiger partial charge in [-0.15, -0.1) is 12.1 Å². The van der Waals surface area contributed by atoms with E-state index in [4.69, 9.17) is 0 Å². The van der Waals surface area contributed by atoms with E-state index in [9.17, 15) is 0 Å². The predicted molar refractivity (Wildman–Crippen MR) is 88.9 cm³/mol. The van der Waals surface area contributed by atoms with Gasteiger partial charge in [0.05, 0.1) is 0 Å². The molecule has 0 amide bonds. The summed E-state index contributed by atoms with van der Waals surface area (Å²) < 4.78 is 0. The minimum absolute atomic E-state index is 1.14. The minimum Gasteiger partial charge on any atom is -0.334 e. The maximum Gasteiger partial charge on any atom is 0.0438 e. The third kappa shape index (κ3) is 4.26. The van der Waals surface area contributed by atoms with Crippen LogP contribution in [-0.4, -0.2) is 0 Å². The first-order valence-corrected chi connectivity index (χ1v) is 13.5. The average Bonchev–Trinajstić information content (AvgIpc) is 2.60. The second kappa shape index (κ2) is 8.76. The monoisotopic (exact) mass is 387 g/mol. The number of halogens is 1. The van der Waals surface area contributed by atoms with Crippen molar-refractivity contribution in [3.05, 3.63) is 91.0 Å². The molecule has 0 aromatic heterocycles. The van der Waals surface area contributed by atoms with E-state index in [0.29, 0.717) is 0 Å². The third-order valence-electron chi connectivity index (χ3n) is 2.99. The molecule has 0 bridgehead atoms. The zero-order valence-corrected chi connectivity index (χ0v) is 16.2. The van der Waals surface area contributed by atoms with Crippen molar-refractivity contribution >= 4 is 30.7 Å². The van der Waals surface area contributed by atoms with Crippen LogP contribution in [0, 0.1) is 6.07 Å². The van der Waals surface area contributed by atoms with E-state index in [2.05, 4.69) is 85.3 Å². The molecule has 3 rings (SSSR count). The normalized spacial score (nSPS) is 9.48. The first-order valence-electron chi connectivity index (χ1n) is 6.58. The van der Waals surface area contributed by atoms with Crippen LogP contribution in [-0.2, 0) is 16.3 Å². The molecule has 0 spiro atoms. The molecule has 21 heavy (non-hydrogen) atoms. The van der Waals surface area contributed by atoms with Gasteiger partial charge in [-0.05, 0) is 24.3 Å². The summed E-state index contributed by atoms with van der Waals surface area (Å²) in [7, 11) is 0.